The zero-order valence-corrected chi connectivity index (χ0v) is 13.5. The molecular weight excluding hydrogens is 264 g/mol. The van der Waals surface area contributed by atoms with Gasteiger partial charge in [-0.05, 0) is 24.3 Å². The minimum atomic E-state index is -0.287. The second-order valence-electron chi connectivity index (χ2n) is 6.94. The Kier molecular flexibility index (Phi) is 4.55. The van der Waals surface area contributed by atoms with Gasteiger partial charge in [-0.1, -0.05) is 40.0 Å². The Morgan fingerprint density at radius 1 is 1.24 bits per heavy atom. The first kappa shape index (κ1) is 15.8. The minimum Gasteiger partial charge on any atom is -0.481 e. The summed E-state index contributed by atoms with van der Waals surface area (Å²) in [6.45, 7) is 6.51. The monoisotopic (exact) mass is 290 g/mol. The second-order valence-corrected chi connectivity index (χ2v) is 6.94. The summed E-state index contributed by atoms with van der Waals surface area (Å²) in [5.41, 5.74) is 0.401. The number of amides is 1. The number of nitrogens with zero attached hydrogens (tertiary/aromatic N) is 1. The molecule has 1 aromatic heterocycles. The summed E-state index contributed by atoms with van der Waals surface area (Å²) in [6.07, 6.45) is 7.07. The highest BCUT2D eigenvalue weighted by molar-refractivity contribution is 5.95. The van der Waals surface area contributed by atoms with E-state index in [1.165, 1.54) is 6.42 Å². The van der Waals surface area contributed by atoms with Gasteiger partial charge < -0.3 is 10.1 Å². The van der Waals surface area contributed by atoms with E-state index in [4.69, 9.17) is 4.74 Å². The largest absolute Gasteiger partial charge is 0.481 e. The van der Waals surface area contributed by atoms with Crippen molar-refractivity contribution in [2.75, 3.05) is 12.4 Å². The number of anilines is 1. The number of carbonyl (C=O) groups is 1. The van der Waals surface area contributed by atoms with E-state index in [1.54, 1.807) is 19.4 Å². The van der Waals surface area contributed by atoms with E-state index in [0.717, 1.165) is 31.4 Å². The highest BCUT2D eigenvalue weighted by Gasteiger charge is 2.48. The van der Waals surface area contributed by atoms with E-state index < -0.39 is 0 Å². The lowest BCUT2D eigenvalue weighted by Gasteiger charge is -2.46. The molecule has 1 heterocycles. The highest BCUT2D eigenvalue weighted by atomic mass is 16.5. The number of methoxy groups -OCH3 is 1. The van der Waals surface area contributed by atoms with E-state index in [0.29, 0.717) is 5.88 Å². The van der Waals surface area contributed by atoms with Crippen LogP contribution >= 0.6 is 0 Å². The molecule has 1 aliphatic rings. The number of hydrogen-bond donors (Lipinski definition) is 1. The Labute approximate surface area is 127 Å². The van der Waals surface area contributed by atoms with E-state index in [9.17, 15) is 4.79 Å². The van der Waals surface area contributed by atoms with Gasteiger partial charge in [0.05, 0.1) is 24.4 Å². The Balaban J connectivity index is 2.18. The van der Waals surface area contributed by atoms with E-state index in [1.807, 2.05) is 6.07 Å². The van der Waals surface area contributed by atoms with Gasteiger partial charge in [0.15, 0.2) is 0 Å². The molecule has 1 aromatic rings. The van der Waals surface area contributed by atoms with Crippen molar-refractivity contribution in [3.63, 3.8) is 0 Å². The Morgan fingerprint density at radius 2 is 1.90 bits per heavy atom. The summed E-state index contributed by atoms with van der Waals surface area (Å²) in [5.74, 6) is 0.679. The number of hydrogen-bond acceptors (Lipinski definition) is 3. The van der Waals surface area contributed by atoms with Gasteiger partial charge in [-0.25, -0.2) is 4.98 Å². The van der Waals surface area contributed by atoms with Crippen LogP contribution in [0.15, 0.2) is 18.3 Å². The van der Waals surface area contributed by atoms with Crippen LogP contribution in [0.5, 0.6) is 5.88 Å². The lowest BCUT2D eigenvalue weighted by atomic mass is 9.59. The lowest BCUT2D eigenvalue weighted by molar-refractivity contribution is -0.135. The summed E-state index contributed by atoms with van der Waals surface area (Å²) < 4.78 is 5.04. The fourth-order valence-electron chi connectivity index (χ4n) is 3.30. The van der Waals surface area contributed by atoms with Crippen molar-refractivity contribution in [1.82, 2.24) is 4.98 Å². The first-order valence-electron chi connectivity index (χ1n) is 7.70. The van der Waals surface area contributed by atoms with Crippen LogP contribution in [-0.4, -0.2) is 18.0 Å². The van der Waals surface area contributed by atoms with Crippen molar-refractivity contribution in [1.29, 1.82) is 0 Å². The summed E-state index contributed by atoms with van der Waals surface area (Å²) in [6, 6.07) is 3.60. The number of rotatable bonds is 3. The van der Waals surface area contributed by atoms with E-state index in [-0.39, 0.29) is 16.7 Å². The normalized spacial score (nSPS) is 18.1. The summed E-state index contributed by atoms with van der Waals surface area (Å²) >= 11 is 0. The zero-order valence-electron chi connectivity index (χ0n) is 13.5. The molecule has 1 aliphatic carbocycles. The van der Waals surface area contributed by atoms with Crippen LogP contribution in [-0.2, 0) is 4.79 Å². The first-order chi connectivity index (χ1) is 9.89. The number of ether oxygens (including phenoxy) is 1. The Hall–Kier alpha value is -1.58. The van der Waals surface area contributed by atoms with Crippen LogP contribution in [0.3, 0.4) is 0 Å². The summed E-state index contributed by atoms with van der Waals surface area (Å²) in [7, 11) is 1.58. The molecule has 0 aliphatic heterocycles. The van der Waals surface area contributed by atoms with Gasteiger partial charge in [0.2, 0.25) is 11.8 Å². The average Bonchev–Trinajstić information content (AvgIpc) is 2.47. The fourth-order valence-corrected chi connectivity index (χ4v) is 3.30. The molecule has 2 rings (SSSR count). The van der Waals surface area contributed by atoms with E-state index in [2.05, 4.69) is 31.1 Å². The van der Waals surface area contributed by atoms with Gasteiger partial charge in [0.25, 0.3) is 0 Å². The molecule has 0 saturated heterocycles. The van der Waals surface area contributed by atoms with Crippen molar-refractivity contribution >= 4 is 11.6 Å². The van der Waals surface area contributed by atoms with Crippen molar-refractivity contribution in [3.8, 4) is 5.88 Å². The summed E-state index contributed by atoms with van der Waals surface area (Å²) in [4.78, 5) is 17.1. The van der Waals surface area contributed by atoms with Crippen molar-refractivity contribution in [2.24, 2.45) is 10.8 Å². The standard InChI is InChI=1S/C17H26N2O2/c1-16(2,3)17(10-6-5-7-11-17)15(20)19-13-8-9-14(21-4)18-12-13/h8-9,12H,5-7,10-11H2,1-4H3,(H,19,20). The molecule has 21 heavy (non-hydrogen) atoms. The van der Waals surface area contributed by atoms with Crippen molar-refractivity contribution in [3.05, 3.63) is 18.3 Å². The molecule has 0 atom stereocenters. The number of aromatic nitrogens is 1. The Bertz CT molecular complexity index is 483. The predicted molar refractivity (Wildman–Crippen MR) is 84.4 cm³/mol. The topological polar surface area (TPSA) is 51.2 Å². The van der Waals surface area contributed by atoms with Crippen LogP contribution in [0.25, 0.3) is 0 Å². The van der Waals surface area contributed by atoms with Crippen LogP contribution < -0.4 is 10.1 Å². The third kappa shape index (κ3) is 3.20. The van der Waals surface area contributed by atoms with Crippen molar-refractivity contribution < 1.29 is 9.53 Å². The highest BCUT2D eigenvalue weighted by Crippen LogP contribution is 2.50. The molecule has 1 N–H and O–H groups in total. The van der Waals surface area contributed by atoms with Crippen LogP contribution in [0.2, 0.25) is 0 Å². The summed E-state index contributed by atoms with van der Waals surface area (Å²) in [5, 5.41) is 3.05. The van der Waals surface area contributed by atoms with Gasteiger partial charge in [0, 0.05) is 6.07 Å². The molecule has 116 valence electrons. The zero-order chi connectivity index (χ0) is 15.5. The molecule has 0 spiro atoms. The SMILES string of the molecule is COc1ccc(NC(=O)C2(C(C)(C)C)CCCCC2)cn1. The molecular formula is C17H26N2O2. The minimum absolute atomic E-state index is 0.0442. The van der Waals surface area contributed by atoms with Gasteiger partial charge in [-0.2, -0.15) is 0 Å². The van der Waals surface area contributed by atoms with E-state index >= 15 is 0 Å². The number of pyridine rings is 1. The smallest absolute Gasteiger partial charge is 0.231 e. The Morgan fingerprint density at radius 3 is 2.38 bits per heavy atom. The number of carbonyl (C=O) groups excluding carboxylic acids is 1. The second kappa shape index (κ2) is 6.04. The molecule has 1 fully saturated rings. The third-order valence-corrected chi connectivity index (χ3v) is 4.78. The van der Waals surface area contributed by atoms with Crippen LogP contribution in [0.1, 0.15) is 52.9 Å². The number of nitrogens with one attached hydrogen (secondary N) is 1. The maximum absolute atomic E-state index is 12.9. The molecule has 0 aromatic carbocycles. The van der Waals surface area contributed by atoms with Crippen LogP contribution in [0.4, 0.5) is 5.69 Å². The molecule has 1 saturated carbocycles. The molecule has 1 amide bonds. The van der Waals surface area contributed by atoms with Crippen LogP contribution in [0, 0.1) is 10.8 Å². The molecule has 4 nitrogen and oxygen atoms in total. The first-order valence-corrected chi connectivity index (χ1v) is 7.70. The molecule has 0 radical (unpaired) electrons. The molecule has 0 bridgehead atoms. The van der Waals surface area contributed by atoms with Crippen molar-refractivity contribution in [2.45, 2.75) is 52.9 Å². The quantitative estimate of drug-likeness (QED) is 0.914. The van der Waals surface area contributed by atoms with Gasteiger partial charge in [-0.15, -0.1) is 0 Å². The van der Waals surface area contributed by atoms with Gasteiger partial charge in [0.1, 0.15) is 0 Å². The molecule has 4 heteroatoms. The van der Waals surface area contributed by atoms with Gasteiger partial charge in [-0.3, -0.25) is 4.79 Å². The lowest BCUT2D eigenvalue weighted by Crippen LogP contribution is -2.47. The molecule has 0 unspecified atom stereocenters. The predicted octanol–water partition coefficient (Wildman–Crippen LogP) is 4.03. The average molecular weight is 290 g/mol. The maximum atomic E-state index is 12.9. The fraction of sp³-hybridized carbons (Fsp3) is 0.647. The maximum Gasteiger partial charge on any atom is 0.231 e. The van der Waals surface area contributed by atoms with Gasteiger partial charge >= 0.3 is 0 Å². The third-order valence-electron chi connectivity index (χ3n) is 4.78.